The van der Waals surface area contributed by atoms with Crippen LogP contribution in [-0.4, -0.2) is 47.8 Å². The maximum Gasteiger partial charge on any atom is 0.234 e. The second kappa shape index (κ2) is 12.4. The van der Waals surface area contributed by atoms with Gasteiger partial charge in [0.1, 0.15) is 29.6 Å². The van der Waals surface area contributed by atoms with E-state index in [9.17, 15) is 4.79 Å². The molecule has 0 fully saturated rings. The number of methoxy groups -OCH3 is 3. The van der Waals surface area contributed by atoms with Crippen molar-refractivity contribution in [3.05, 3.63) is 77.6 Å². The summed E-state index contributed by atoms with van der Waals surface area (Å²) < 4.78 is 23.6. The quantitative estimate of drug-likeness (QED) is 0.257. The average Bonchev–Trinajstić information content (AvgIpc) is 3.34. The maximum absolute atomic E-state index is 12.8. The zero-order valence-electron chi connectivity index (χ0n) is 20.4. The average molecular weight is 541 g/mol. The standard InChI is InChI=1S/C26H25ClN4O5S/c1-33-19-10-6-18(7-11-19)31-24(15-36-20-8-4-17(27)5-9-20)29-30-26(31)37-16-25(32)28-22-14-21(34-2)12-13-23(22)35-3/h4-14H,15-16H2,1-3H3,(H,28,32). The Morgan fingerprint density at radius 1 is 0.892 bits per heavy atom. The van der Waals surface area contributed by atoms with Gasteiger partial charge in [0.05, 0.1) is 32.8 Å². The highest BCUT2D eigenvalue weighted by molar-refractivity contribution is 7.99. The predicted molar refractivity (Wildman–Crippen MR) is 143 cm³/mol. The van der Waals surface area contributed by atoms with Gasteiger partial charge in [0.25, 0.3) is 0 Å². The number of hydrogen-bond donors (Lipinski definition) is 1. The lowest BCUT2D eigenvalue weighted by molar-refractivity contribution is -0.113. The highest BCUT2D eigenvalue weighted by Crippen LogP contribution is 2.30. The van der Waals surface area contributed by atoms with Crippen molar-refractivity contribution in [3.8, 4) is 28.7 Å². The first kappa shape index (κ1) is 26.2. The molecule has 4 rings (SSSR count). The minimum atomic E-state index is -0.236. The summed E-state index contributed by atoms with van der Waals surface area (Å²) in [5.74, 6) is 2.92. The normalized spacial score (nSPS) is 10.6. The molecule has 9 nitrogen and oxygen atoms in total. The van der Waals surface area contributed by atoms with Crippen LogP contribution in [0, 0.1) is 0 Å². The molecular weight excluding hydrogens is 516 g/mol. The van der Waals surface area contributed by atoms with Crippen molar-refractivity contribution in [2.24, 2.45) is 0 Å². The number of thioether (sulfide) groups is 1. The van der Waals surface area contributed by atoms with Crippen LogP contribution in [-0.2, 0) is 11.4 Å². The number of carbonyl (C=O) groups excluding carboxylic acids is 1. The number of ether oxygens (including phenoxy) is 4. The van der Waals surface area contributed by atoms with E-state index >= 15 is 0 Å². The summed E-state index contributed by atoms with van der Waals surface area (Å²) in [6, 6.07) is 19.7. The molecule has 192 valence electrons. The smallest absolute Gasteiger partial charge is 0.234 e. The Morgan fingerprint density at radius 3 is 2.24 bits per heavy atom. The van der Waals surface area contributed by atoms with Crippen molar-refractivity contribution < 1.29 is 23.7 Å². The molecule has 0 aliphatic heterocycles. The van der Waals surface area contributed by atoms with Gasteiger partial charge in [-0.15, -0.1) is 10.2 Å². The Hall–Kier alpha value is -3.89. The molecule has 0 bridgehead atoms. The van der Waals surface area contributed by atoms with Crippen LogP contribution in [0.4, 0.5) is 5.69 Å². The van der Waals surface area contributed by atoms with E-state index in [-0.39, 0.29) is 18.3 Å². The lowest BCUT2D eigenvalue weighted by Crippen LogP contribution is -2.15. The van der Waals surface area contributed by atoms with Crippen molar-refractivity contribution in [2.45, 2.75) is 11.8 Å². The largest absolute Gasteiger partial charge is 0.497 e. The topological polar surface area (TPSA) is 96.7 Å². The molecule has 0 aliphatic carbocycles. The van der Waals surface area contributed by atoms with Gasteiger partial charge in [-0.2, -0.15) is 0 Å². The van der Waals surface area contributed by atoms with E-state index < -0.39 is 0 Å². The molecule has 37 heavy (non-hydrogen) atoms. The minimum absolute atomic E-state index is 0.0900. The molecule has 0 unspecified atom stereocenters. The molecule has 11 heteroatoms. The molecule has 1 heterocycles. The Kier molecular flexibility index (Phi) is 8.76. The van der Waals surface area contributed by atoms with E-state index in [2.05, 4.69) is 15.5 Å². The Bertz CT molecular complexity index is 1350. The van der Waals surface area contributed by atoms with E-state index in [4.69, 9.17) is 30.5 Å². The number of amides is 1. The first-order chi connectivity index (χ1) is 18.0. The summed E-state index contributed by atoms with van der Waals surface area (Å²) in [6.07, 6.45) is 0. The third-order valence-electron chi connectivity index (χ3n) is 5.23. The van der Waals surface area contributed by atoms with E-state index in [1.54, 1.807) is 56.7 Å². The molecule has 1 N–H and O–H groups in total. The summed E-state index contributed by atoms with van der Waals surface area (Å²) in [5, 5.41) is 12.7. The van der Waals surface area contributed by atoms with Crippen molar-refractivity contribution in [2.75, 3.05) is 32.4 Å². The first-order valence-corrected chi connectivity index (χ1v) is 12.5. The van der Waals surface area contributed by atoms with E-state index in [0.717, 1.165) is 11.4 Å². The molecule has 0 saturated heterocycles. The highest BCUT2D eigenvalue weighted by Gasteiger charge is 2.18. The van der Waals surface area contributed by atoms with Crippen molar-refractivity contribution in [1.29, 1.82) is 0 Å². The van der Waals surface area contributed by atoms with Crippen LogP contribution >= 0.6 is 23.4 Å². The zero-order valence-corrected chi connectivity index (χ0v) is 22.0. The van der Waals surface area contributed by atoms with Crippen molar-refractivity contribution >= 4 is 35.0 Å². The van der Waals surface area contributed by atoms with Crippen LogP contribution in [0.15, 0.2) is 71.9 Å². The lowest BCUT2D eigenvalue weighted by Gasteiger charge is -2.13. The van der Waals surface area contributed by atoms with Crippen LogP contribution in [0.2, 0.25) is 5.02 Å². The number of nitrogens with zero attached hydrogens (tertiary/aromatic N) is 3. The number of aromatic nitrogens is 3. The van der Waals surface area contributed by atoms with Crippen LogP contribution in [0.5, 0.6) is 23.0 Å². The van der Waals surface area contributed by atoms with Gasteiger partial charge < -0.3 is 24.3 Å². The number of rotatable bonds is 11. The monoisotopic (exact) mass is 540 g/mol. The summed E-state index contributed by atoms with van der Waals surface area (Å²) in [6.45, 7) is 0.161. The van der Waals surface area contributed by atoms with Gasteiger partial charge in [0.2, 0.25) is 5.91 Å². The maximum atomic E-state index is 12.8. The van der Waals surface area contributed by atoms with Gasteiger partial charge in [0.15, 0.2) is 11.0 Å². The van der Waals surface area contributed by atoms with E-state index in [1.165, 1.54) is 18.9 Å². The molecular formula is C26H25ClN4O5S. The fourth-order valence-electron chi connectivity index (χ4n) is 3.38. The predicted octanol–water partition coefficient (Wildman–Crippen LogP) is 5.26. The number of anilines is 1. The van der Waals surface area contributed by atoms with Gasteiger partial charge in [-0.1, -0.05) is 23.4 Å². The molecule has 0 atom stereocenters. The van der Waals surface area contributed by atoms with Gasteiger partial charge >= 0.3 is 0 Å². The molecule has 4 aromatic rings. The zero-order chi connectivity index (χ0) is 26.2. The van der Waals surface area contributed by atoms with Crippen LogP contribution in [0.1, 0.15) is 5.82 Å². The Morgan fingerprint density at radius 2 is 1.57 bits per heavy atom. The van der Waals surface area contributed by atoms with E-state index in [1.807, 2.05) is 28.8 Å². The SMILES string of the molecule is COc1ccc(-n2c(COc3ccc(Cl)cc3)nnc2SCC(=O)Nc2cc(OC)ccc2OC)cc1. The van der Waals surface area contributed by atoms with Gasteiger partial charge in [-0.3, -0.25) is 9.36 Å². The Labute approximate surface area is 223 Å². The van der Waals surface area contributed by atoms with Gasteiger partial charge in [0, 0.05) is 16.8 Å². The second-order valence-corrected chi connectivity index (χ2v) is 8.96. The lowest BCUT2D eigenvalue weighted by atomic mass is 10.2. The third kappa shape index (κ3) is 6.66. The van der Waals surface area contributed by atoms with E-state index in [0.29, 0.717) is 38.9 Å². The molecule has 0 saturated carbocycles. The summed E-state index contributed by atoms with van der Waals surface area (Å²) in [5.41, 5.74) is 1.32. The van der Waals surface area contributed by atoms with Crippen LogP contribution in [0.25, 0.3) is 5.69 Å². The Balaban J connectivity index is 1.52. The third-order valence-corrected chi connectivity index (χ3v) is 6.41. The number of hydrogen-bond acceptors (Lipinski definition) is 8. The number of benzene rings is 3. The first-order valence-electron chi connectivity index (χ1n) is 11.1. The van der Waals surface area contributed by atoms with Crippen molar-refractivity contribution in [3.63, 3.8) is 0 Å². The van der Waals surface area contributed by atoms with Gasteiger partial charge in [-0.05, 0) is 60.7 Å². The van der Waals surface area contributed by atoms with Crippen LogP contribution < -0.4 is 24.3 Å². The van der Waals surface area contributed by atoms with Crippen molar-refractivity contribution in [1.82, 2.24) is 14.8 Å². The summed E-state index contributed by atoms with van der Waals surface area (Å²) in [7, 11) is 4.71. The molecule has 3 aromatic carbocycles. The summed E-state index contributed by atoms with van der Waals surface area (Å²) >= 11 is 7.21. The highest BCUT2D eigenvalue weighted by atomic mass is 35.5. The molecule has 0 spiro atoms. The number of carbonyl (C=O) groups is 1. The molecule has 0 aliphatic rings. The minimum Gasteiger partial charge on any atom is -0.497 e. The van der Waals surface area contributed by atoms with Gasteiger partial charge in [-0.25, -0.2) is 0 Å². The fourth-order valence-corrected chi connectivity index (χ4v) is 4.28. The second-order valence-electron chi connectivity index (χ2n) is 7.58. The fraction of sp³-hybridized carbons (Fsp3) is 0.192. The molecule has 1 aromatic heterocycles. The molecule has 0 radical (unpaired) electrons. The number of nitrogens with one attached hydrogen (secondary N) is 1. The molecule has 1 amide bonds. The van der Waals surface area contributed by atoms with Crippen LogP contribution in [0.3, 0.4) is 0 Å². The number of halogens is 1. The summed E-state index contributed by atoms with van der Waals surface area (Å²) in [4.78, 5) is 12.8.